The molecule has 0 aliphatic carbocycles. The molecule has 1 aromatic carbocycles. The Morgan fingerprint density at radius 1 is 1.26 bits per heavy atom. The standard InChI is InChI=1S/C17H21N3O3/c1-23-16(21)14-13(11-20-9-5-6-10-20)18-17(22)19-15(14)12-7-3-2-4-8-12/h2-4,7-8,15H,5-6,9-11H2,1H3,(H2,18,19,22)/t15-/m0/s1. The lowest BCUT2D eigenvalue weighted by Crippen LogP contribution is -2.48. The molecule has 0 spiro atoms. The first-order valence-electron chi connectivity index (χ1n) is 7.85. The van der Waals surface area contributed by atoms with Crippen LogP contribution in [0.2, 0.25) is 0 Å². The minimum atomic E-state index is -0.491. The maximum Gasteiger partial charge on any atom is 0.338 e. The number of ether oxygens (including phenoxy) is 1. The Labute approximate surface area is 135 Å². The van der Waals surface area contributed by atoms with Gasteiger partial charge in [0.25, 0.3) is 0 Å². The molecule has 1 saturated heterocycles. The molecule has 0 radical (unpaired) electrons. The van der Waals surface area contributed by atoms with Gasteiger partial charge in [-0.25, -0.2) is 9.59 Å². The molecule has 1 aromatic rings. The second kappa shape index (κ2) is 6.83. The number of rotatable bonds is 4. The van der Waals surface area contributed by atoms with Crippen LogP contribution in [0.25, 0.3) is 0 Å². The summed E-state index contributed by atoms with van der Waals surface area (Å²) in [5.41, 5.74) is 1.98. The molecule has 0 unspecified atom stereocenters. The average Bonchev–Trinajstić information content (AvgIpc) is 3.07. The molecule has 23 heavy (non-hydrogen) atoms. The van der Waals surface area contributed by atoms with Gasteiger partial charge in [-0.1, -0.05) is 30.3 Å². The van der Waals surface area contributed by atoms with Crippen LogP contribution in [0.5, 0.6) is 0 Å². The van der Waals surface area contributed by atoms with Crippen molar-refractivity contribution in [3.8, 4) is 0 Å². The Hall–Kier alpha value is -2.34. The summed E-state index contributed by atoms with van der Waals surface area (Å²) in [6.45, 7) is 2.52. The minimum absolute atomic E-state index is 0.291. The van der Waals surface area contributed by atoms with Crippen molar-refractivity contribution in [2.24, 2.45) is 0 Å². The first-order valence-corrected chi connectivity index (χ1v) is 7.85. The largest absolute Gasteiger partial charge is 0.466 e. The van der Waals surface area contributed by atoms with E-state index in [4.69, 9.17) is 4.74 Å². The highest BCUT2D eigenvalue weighted by molar-refractivity contribution is 5.95. The first-order chi connectivity index (χ1) is 11.2. The Morgan fingerprint density at radius 3 is 2.61 bits per heavy atom. The van der Waals surface area contributed by atoms with Gasteiger partial charge in [-0.2, -0.15) is 0 Å². The van der Waals surface area contributed by atoms with Crippen LogP contribution in [-0.2, 0) is 9.53 Å². The van der Waals surface area contributed by atoms with Gasteiger partial charge in [-0.15, -0.1) is 0 Å². The molecule has 2 amide bonds. The van der Waals surface area contributed by atoms with Crippen LogP contribution < -0.4 is 10.6 Å². The fraction of sp³-hybridized carbons (Fsp3) is 0.412. The monoisotopic (exact) mass is 315 g/mol. The summed E-state index contributed by atoms with van der Waals surface area (Å²) in [6, 6.07) is 8.69. The van der Waals surface area contributed by atoms with Crippen LogP contribution in [-0.4, -0.2) is 43.6 Å². The summed E-state index contributed by atoms with van der Waals surface area (Å²) < 4.78 is 4.96. The van der Waals surface area contributed by atoms with Crippen molar-refractivity contribution in [1.29, 1.82) is 0 Å². The molecular weight excluding hydrogens is 294 g/mol. The van der Waals surface area contributed by atoms with Crippen molar-refractivity contribution in [2.45, 2.75) is 18.9 Å². The number of amides is 2. The Morgan fingerprint density at radius 2 is 1.96 bits per heavy atom. The van der Waals surface area contributed by atoms with Gasteiger partial charge >= 0.3 is 12.0 Å². The molecule has 3 rings (SSSR count). The zero-order valence-electron chi connectivity index (χ0n) is 13.2. The number of urea groups is 1. The number of nitrogens with zero attached hydrogens (tertiary/aromatic N) is 1. The Balaban J connectivity index is 1.98. The summed E-state index contributed by atoms with van der Waals surface area (Å²) in [7, 11) is 1.36. The van der Waals surface area contributed by atoms with E-state index >= 15 is 0 Å². The SMILES string of the molecule is COC(=O)C1=C(CN2CCCC2)NC(=O)N[C@H]1c1ccccc1. The van der Waals surface area contributed by atoms with Gasteiger partial charge in [0.2, 0.25) is 0 Å². The fourth-order valence-corrected chi connectivity index (χ4v) is 3.15. The fourth-order valence-electron chi connectivity index (χ4n) is 3.15. The molecular formula is C17H21N3O3. The molecule has 2 aliphatic heterocycles. The summed E-state index contributed by atoms with van der Waals surface area (Å²) >= 11 is 0. The van der Waals surface area contributed by atoms with E-state index in [0.717, 1.165) is 31.5 Å². The number of methoxy groups -OCH3 is 1. The molecule has 1 fully saturated rings. The molecule has 2 heterocycles. The lowest BCUT2D eigenvalue weighted by Gasteiger charge is -2.30. The second-order valence-corrected chi connectivity index (χ2v) is 5.81. The van der Waals surface area contributed by atoms with Gasteiger partial charge in [0.1, 0.15) is 0 Å². The Bertz CT molecular complexity index is 621. The highest BCUT2D eigenvalue weighted by atomic mass is 16.5. The highest BCUT2D eigenvalue weighted by Gasteiger charge is 2.34. The number of carbonyl (C=O) groups is 2. The molecule has 0 saturated carbocycles. The molecule has 122 valence electrons. The van der Waals surface area contributed by atoms with Crippen LogP contribution in [0.4, 0.5) is 4.79 Å². The van der Waals surface area contributed by atoms with Crippen LogP contribution in [0, 0.1) is 0 Å². The quantitative estimate of drug-likeness (QED) is 0.827. The van der Waals surface area contributed by atoms with Crippen molar-refractivity contribution in [2.75, 3.05) is 26.7 Å². The van der Waals surface area contributed by atoms with E-state index in [1.165, 1.54) is 7.11 Å². The summed E-state index contributed by atoms with van der Waals surface area (Å²) in [5, 5.41) is 5.62. The van der Waals surface area contributed by atoms with Gasteiger partial charge in [-0.3, -0.25) is 4.90 Å². The average molecular weight is 315 g/mol. The van der Waals surface area contributed by atoms with Gasteiger partial charge < -0.3 is 15.4 Å². The summed E-state index contributed by atoms with van der Waals surface area (Å²) in [6.07, 6.45) is 2.30. The normalized spacial score (nSPS) is 21.8. The van der Waals surface area contributed by atoms with Crippen molar-refractivity contribution in [1.82, 2.24) is 15.5 Å². The Kier molecular flexibility index (Phi) is 4.62. The molecule has 0 aromatic heterocycles. The molecule has 2 N–H and O–H groups in total. The molecule has 1 atom stereocenters. The third kappa shape index (κ3) is 3.37. The molecule has 6 nitrogen and oxygen atoms in total. The van der Waals surface area contributed by atoms with E-state index in [0.29, 0.717) is 17.8 Å². The lowest BCUT2D eigenvalue weighted by atomic mass is 9.95. The van der Waals surface area contributed by atoms with Crippen molar-refractivity contribution in [3.05, 3.63) is 47.2 Å². The van der Waals surface area contributed by atoms with Crippen LogP contribution >= 0.6 is 0 Å². The molecule has 6 heteroatoms. The van der Waals surface area contributed by atoms with Gasteiger partial charge in [-0.05, 0) is 31.5 Å². The number of nitrogens with one attached hydrogen (secondary N) is 2. The number of hydrogen-bond acceptors (Lipinski definition) is 4. The summed E-state index contributed by atoms with van der Waals surface area (Å²) in [5.74, 6) is -0.416. The van der Waals surface area contributed by atoms with E-state index < -0.39 is 12.0 Å². The van der Waals surface area contributed by atoms with Crippen LogP contribution in [0.3, 0.4) is 0 Å². The predicted molar refractivity (Wildman–Crippen MR) is 85.6 cm³/mol. The second-order valence-electron chi connectivity index (χ2n) is 5.81. The van der Waals surface area contributed by atoms with Crippen molar-refractivity contribution < 1.29 is 14.3 Å². The maximum absolute atomic E-state index is 12.4. The smallest absolute Gasteiger partial charge is 0.338 e. The van der Waals surface area contributed by atoms with Crippen LogP contribution in [0.1, 0.15) is 24.4 Å². The van der Waals surface area contributed by atoms with E-state index in [1.54, 1.807) is 0 Å². The predicted octanol–water partition coefficient (Wildman–Crippen LogP) is 1.56. The zero-order valence-corrected chi connectivity index (χ0v) is 13.2. The number of hydrogen-bond donors (Lipinski definition) is 2. The lowest BCUT2D eigenvalue weighted by molar-refractivity contribution is -0.136. The van der Waals surface area contributed by atoms with Crippen molar-refractivity contribution >= 4 is 12.0 Å². The first kappa shape index (κ1) is 15.6. The maximum atomic E-state index is 12.4. The number of likely N-dealkylation sites (tertiary alicyclic amines) is 1. The van der Waals surface area contributed by atoms with E-state index in [2.05, 4.69) is 15.5 Å². The van der Waals surface area contributed by atoms with Gasteiger partial charge in [0, 0.05) is 12.2 Å². The highest BCUT2D eigenvalue weighted by Crippen LogP contribution is 2.28. The van der Waals surface area contributed by atoms with Gasteiger partial charge in [0.15, 0.2) is 0 Å². The minimum Gasteiger partial charge on any atom is -0.466 e. The van der Waals surface area contributed by atoms with E-state index in [-0.39, 0.29) is 6.03 Å². The van der Waals surface area contributed by atoms with E-state index in [1.807, 2.05) is 30.3 Å². The van der Waals surface area contributed by atoms with E-state index in [9.17, 15) is 9.59 Å². The number of carbonyl (C=O) groups excluding carboxylic acids is 2. The number of benzene rings is 1. The zero-order chi connectivity index (χ0) is 16.2. The van der Waals surface area contributed by atoms with Crippen molar-refractivity contribution in [3.63, 3.8) is 0 Å². The third-order valence-corrected chi connectivity index (χ3v) is 4.27. The van der Waals surface area contributed by atoms with Gasteiger partial charge in [0.05, 0.1) is 18.7 Å². The van der Waals surface area contributed by atoms with Crippen LogP contribution in [0.15, 0.2) is 41.6 Å². The topological polar surface area (TPSA) is 70.7 Å². The third-order valence-electron chi connectivity index (χ3n) is 4.27. The molecule has 0 bridgehead atoms. The molecule has 2 aliphatic rings. The summed E-state index contributed by atoms with van der Waals surface area (Å²) in [4.78, 5) is 26.7. The number of esters is 1.